The van der Waals surface area contributed by atoms with Crippen molar-refractivity contribution in [3.8, 4) is 0 Å². The fourth-order valence-electron chi connectivity index (χ4n) is 3.79. The number of imide groups is 1. The van der Waals surface area contributed by atoms with Gasteiger partial charge in [-0.3, -0.25) is 23.8 Å². The van der Waals surface area contributed by atoms with Gasteiger partial charge in [-0.05, 0) is 31.0 Å². The Morgan fingerprint density at radius 3 is 2.44 bits per heavy atom. The summed E-state index contributed by atoms with van der Waals surface area (Å²) in [6, 6.07) is 3.98. The lowest BCUT2D eigenvalue weighted by atomic mass is 9.87. The number of primary amides is 1. The van der Waals surface area contributed by atoms with E-state index in [4.69, 9.17) is 15.7 Å². The smallest absolute Gasteiger partial charge is 0.340 e. The lowest BCUT2D eigenvalue weighted by Crippen LogP contribution is -2.61. The van der Waals surface area contributed by atoms with E-state index in [1.807, 2.05) is 0 Å². The van der Waals surface area contributed by atoms with Crippen molar-refractivity contribution < 1.29 is 31.8 Å². The van der Waals surface area contributed by atoms with E-state index >= 15 is 0 Å². The van der Waals surface area contributed by atoms with Crippen LogP contribution in [0.3, 0.4) is 0 Å². The van der Waals surface area contributed by atoms with Crippen LogP contribution >= 0.6 is 0 Å². The fraction of sp³-hybridized carbons (Fsp3) is 0.278. The van der Waals surface area contributed by atoms with Crippen molar-refractivity contribution in [1.82, 2.24) is 4.90 Å². The summed E-state index contributed by atoms with van der Waals surface area (Å²) in [6.45, 7) is 4.68. The normalized spacial score (nSPS) is 17.2. The number of benzene rings is 1. The molecule has 2 unspecified atom stereocenters. The molecular weight excluding hydrogens is 446 g/mol. The van der Waals surface area contributed by atoms with Gasteiger partial charge in [0.1, 0.15) is 11.5 Å². The van der Waals surface area contributed by atoms with Crippen molar-refractivity contribution in [2.75, 3.05) is 0 Å². The maximum atomic E-state index is 12.9. The zero-order chi connectivity index (χ0) is 24.0. The number of amides is 3. The first-order valence-corrected chi connectivity index (χ1v) is 10.4. The Bertz CT molecular complexity index is 1380. The minimum absolute atomic E-state index is 0.0170. The molecule has 3 N–H and O–H groups in total. The summed E-state index contributed by atoms with van der Waals surface area (Å²) in [5.41, 5.74) is 12.2. The van der Waals surface area contributed by atoms with E-state index in [2.05, 4.69) is 16.9 Å². The second-order valence-electron chi connectivity index (χ2n) is 7.08. The van der Waals surface area contributed by atoms with Gasteiger partial charge in [0.25, 0.3) is 10.1 Å². The van der Waals surface area contributed by atoms with Crippen LogP contribution in [0, 0.1) is 13.8 Å². The van der Waals surface area contributed by atoms with E-state index in [9.17, 15) is 32.1 Å². The van der Waals surface area contributed by atoms with E-state index in [0.29, 0.717) is 0 Å². The summed E-state index contributed by atoms with van der Waals surface area (Å²) in [5, 5.41) is 3.59. The molecule has 2 heterocycles. The predicted molar refractivity (Wildman–Crippen MR) is 109 cm³/mol. The third-order valence-corrected chi connectivity index (χ3v) is 6.57. The van der Waals surface area contributed by atoms with Crippen molar-refractivity contribution in [2.45, 2.75) is 30.6 Å². The lowest BCUT2D eigenvalue weighted by molar-refractivity contribution is -0.142. The number of hydrogen-bond donors (Lipinski definition) is 2. The first-order valence-electron chi connectivity index (χ1n) is 8.94. The van der Waals surface area contributed by atoms with Gasteiger partial charge in [0.2, 0.25) is 17.7 Å². The van der Waals surface area contributed by atoms with Gasteiger partial charge in [-0.2, -0.15) is 8.42 Å². The molecule has 3 rings (SSSR count). The molecule has 1 saturated heterocycles. The Balaban J connectivity index is 2.39. The van der Waals surface area contributed by atoms with Gasteiger partial charge in [0.05, 0.1) is 5.56 Å². The average molecular weight is 462 g/mol. The summed E-state index contributed by atoms with van der Waals surface area (Å²) < 4.78 is 40.0. The number of carbonyl (C=O) groups is 3. The Hall–Kier alpha value is -3.74. The van der Waals surface area contributed by atoms with E-state index < -0.39 is 49.8 Å². The van der Waals surface area contributed by atoms with Gasteiger partial charge in [0.15, 0.2) is 4.87 Å². The van der Waals surface area contributed by atoms with E-state index in [-0.39, 0.29) is 40.0 Å². The number of aryl methyl sites for hydroxylation is 1. The first kappa shape index (κ1) is 22.9. The van der Waals surface area contributed by atoms with Crippen LogP contribution in [-0.4, -0.2) is 40.5 Å². The van der Waals surface area contributed by atoms with Gasteiger partial charge >= 0.3 is 5.63 Å². The van der Waals surface area contributed by atoms with Crippen LogP contribution in [0.4, 0.5) is 5.69 Å². The highest BCUT2D eigenvalue weighted by Crippen LogP contribution is 2.41. The molecule has 1 radical (unpaired) electrons. The zero-order valence-corrected chi connectivity index (χ0v) is 17.3. The molecule has 1 aliphatic heterocycles. The number of azide groups is 1. The Kier molecular flexibility index (Phi) is 5.55. The number of hydrogen-bond acceptors (Lipinski definition) is 8. The second-order valence-corrected chi connectivity index (χ2v) is 8.73. The molecule has 0 bridgehead atoms. The molecule has 2 atom stereocenters. The summed E-state index contributed by atoms with van der Waals surface area (Å²) in [6.07, 6.45) is -0.769. The minimum Gasteiger partial charge on any atom is -0.422 e. The van der Waals surface area contributed by atoms with Gasteiger partial charge in [0, 0.05) is 28.8 Å². The number of fused-ring (bicyclic) bond motifs is 1. The second kappa shape index (κ2) is 7.75. The van der Waals surface area contributed by atoms with Crippen LogP contribution in [0.5, 0.6) is 0 Å². The highest BCUT2D eigenvalue weighted by atomic mass is 32.2. The molecular formula is C18H16N5O8S. The monoisotopic (exact) mass is 462 g/mol. The molecule has 0 saturated carbocycles. The molecule has 2 aromatic rings. The number of nitrogens with two attached hydrogens (primary N) is 1. The topological polar surface area (TPSA) is 214 Å². The van der Waals surface area contributed by atoms with Crippen molar-refractivity contribution >= 4 is 44.5 Å². The molecule has 3 amide bonds. The molecule has 167 valence electrons. The lowest BCUT2D eigenvalue weighted by Gasteiger charge is -2.39. The SMILES string of the molecule is [CH2]C(C(C(N)=O)c1c(C)c2ccc(N=[N+]=[N-])cc2oc1=O)(N1C(=O)CCC1=O)S(=O)(=O)O. The van der Waals surface area contributed by atoms with Crippen LogP contribution in [0.1, 0.15) is 29.9 Å². The maximum Gasteiger partial charge on any atom is 0.340 e. The van der Waals surface area contributed by atoms with Gasteiger partial charge in [-0.25, -0.2) is 4.79 Å². The Morgan fingerprint density at radius 2 is 1.94 bits per heavy atom. The number of likely N-dealkylation sites (tertiary alicyclic amines) is 1. The fourth-order valence-corrected chi connectivity index (χ4v) is 4.75. The van der Waals surface area contributed by atoms with Crippen molar-refractivity contribution in [3.05, 3.63) is 57.1 Å². The molecule has 13 nitrogen and oxygen atoms in total. The van der Waals surface area contributed by atoms with E-state index in [1.165, 1.54) is 25.1 Å². The van der Waals surface area contributed by atoms with E-state index in [0.717, 1.165) is 0 Å². The average Bonchev–Trinajstić information content (AvgIpc) is 3.02. The molecule has 1 aliphatic rings. The molecule has 1 fully saturated rings. The third-order valence-electron chi connectivity index (χ3n) is 5.26. The summed E-state index contributed by atoms with van der Waals surface area (Å²) in [5.74, 6) is -5.75. The molecule has 1 aromatic carbocycles. The highest BCUT2D eigenvalue weighted by molar-refractivity contribution is 7.87. The molecule has 32 heavy (non-hydrogen) atoms. The van der Waals surface area contributed by atoms with Crippen LogP contribution in [0.25, 0.3) is 21.4 Å². The quantitative estimate of drug-likeness (QED) is 0.158. The van der Waals surface area contributed by atoms with Crippen molar-refractivity contribution in [3.63, 3.8) is 0 Å². The largest absolute Gasteiger partial charge is 0.422 e. The van der Waals surface area contributed by atoms with Crippen LogP contribution in [0.15, 0.2) is 32.5 Å². The summed E-state index contributed by atoms with van der Waals surface area (Å²) in [4.78, 5) is 49.6. The molecule has 0 spiro atoms. The Morgan fingerprint density at radius 1 is 1.34 bits per heavy atom. The third kappa shape index (κ3) is 3.39. The minimum atomic E-state index is -5.47. The summed E-state index contributed by atoms with van der Waals surface area (Å²) >= 11 is 0. The van der Waals surface area contributed by atoms with E-state index in [1.54, 1.807) is 0 Å². The number of rotatable bonds is 6. The Labute approximate surface area is 180 Å². The van der Waals surface area contributed by atoms with Crippen molar-refractivity contribution in [2.24, 2.45) is 10.8 Å². The van der Waals surface area contributed by atoms with Crippen LogP contribution in [0.2, 0.25) is 0 Å². The predicted octanol–water partition coefficient (Wildman–Crippen LogP) is 1.18. The standard InChI is InChI=1S/C18H16N5O8S/c1-8-10-4-3-9(21-22-20)7-11(10)31-17(27)14(8)15(16(19)26)18(2,32(28,29)30)23-12(24)5-6-13(23)25/h3-4,7,15H,2,5-6H2,1H3,(H2,19,26)(H,28,29,30). The molecule has 1 aromatic heterocycles. The van der Waals surface area contributed by atoms with Gasteiger partial charge in [-0.1, -0.05) is 17.2 Å². The van der Waals surface area contributed by atoms with Crippen molar-refractivity contribution in [1.29, 1.82) is 0 Å². The molecule has 14 heteroatoms. The molecule has 0 aliphatic carbocycles. The maximum absolute atomic E-state index is 12.9. The zero-order valence-electron chi connectivity index (χ0n) is 16.5. The first-order chi connectivity index (χ1) is 14.8. The van der Waals surface area contributed by atoms with Gasteiger partial charge in [-0.15, -0.1) is 0 Å². The number of carbonyl (C=O) groups excluding carboxylic acids is 3. The van der Waals surface area contributed by atoms with Gasteiger partial charge < -0.3 is 10.2 Å². The summed E-state index contributed by atoms with van der Waals surface area (Å²) in [7, 11) is -5.47. The van der Waals surface area contributed by atoms with Crippen LogP contribution in [-0.2, 0) is 24.5 Å². The van der Waals surface area contributed by atoms with Crippen LogP contribution < -0.4 is 11.4 Å². The number of nitrogens with zero attached hydrogens (tertiary/aromatic N) is 4. The highest BCUT2D eigenvalue weighted by Gasteiger charge is 2.60.